The van der Waals surface area contributed by atoms with Crippen LogP contribution >= 0.6 is 0 Å². The fourth-order valence-electron chi connectivity index (χ4n) is 3.75. The van der Waals surface area contributed by atoms with E-state index in [1.165, 1.54) is 38.5 Å². The summed E-state index contributed by atoms with van der Waals surface area (Å²) < 4.78 is 4.90. The molecule has 0 saturated carbocycles. The summed E-state index contributed by atoms with van der Waals surface area (Å²) >= 11 is 0. The van der Waals surface area contributed by atoms with Crippen molar-refractivity contribution in [1.29, 1.82) is 0 Å². The van der Waals surface area contributed by atoms with Crippen LogP contribution < -0.4 is 0 Å². The van der Waals surface area contributed by atoms with Gasteiger partial charge in [0.2, 0.25) is 0 Å². The third-order valence-electron chi connectivity index (χ3n) is 5.48. The van der Waals surface area contributed by atoms with E-state index in [0.29, 0.717) is 31.6 Å². The van der Waals surface area contributed by atoms with Gasteiger partial charge in [0.05, 0.1) is 5.92 Å². The molecule has 29 heavy (non-hydrogen) atoms. The predicted octanol–water partition coefficient (Wildman–Crippen LogP) is 5.68. The molecule has 1 N–H and O–H groups in total. The van der Waals surface area contributed by atoms with Crippen molar-refractivity contribution in [3.05, 3.63) is 0 Å². The van der Waals surface area contributed by atoms with Crippen molar-refractivity contribution in [2.45, 2.75) is 104 Å². The maximum atomic E-state index is 12.1. The molecule has 0 heterocycles. The lowest BCUT2D eigenvalue weighted by molar-refractivity contribution is -0.142. The molecule has 0 aromatic carbocycles. The number of aliphatic carboxylic acids is 1. The number of amides is 1. The molecule has 0 aromatic heterocycles. The Morgan fingerprint density at radius 1 is 0.966 bits per heavy atom. The first-order valence-electron chi connectivity index (χ1n) is 11.5. The van der Waals surface area contributed by atoms with Gasteiger partial charge in [-0.1, -0.05) is 65.2 Å². The second-order valence-electron chi connectivity index (χ2n) is 8.30. The molecule has 1 unspecified atom stereocenters. The van der Waals surface area contributed by atoms with Gasteiger partial charge in [-0.15, -0.1) is 0 Å². The third-order valence-corrected chi connectivity index (χ3v) is 5.48. The number of hydrogen-bond acceptors (Lipinski definition) is 4. The lowest BCUT2D eigenvalue weighted by Crippen LogP contribution is -2.38. The predicted molar refractivity (Wildman–Crippen MR) is 116 cm³/mol. The second-order valence-corrected chi connectivity index (χ2v) is 8.30. The Labute approximate surface area is 177 Å². The summed E-state index contributed by atoms with van der Waals surface area (Å²) in [5.41, 5.74) is 0. The van der Waals surface area contributed by atoms with Crippen molar-refractivity contribution in [3.8, 4) is 0 Å². The van der Waals surface area contributed by atoms with E-state index in [2.05, 4.69) is 13.8 Å². The molecule has 0 aliphatic heterocycles. The number of ether oxygens (including phenoxy) is 1. The molecular formula is C23H43NO5. The number of carbonyl (C=O) groups is 3. The van der Waals surface area contributed by atoms with Gasteiger partial charge in [0.25, 0.3) is 0 Å². The summed E-state index contributed by atoms with van der Waals surface area (Å²) in [4.78, 5) is 35.9. The highest BCUT2D eigenvalue weighted by atomic mass is 16.6. The number of aldehydes is 1. The monoisotopic (exact) mass is 413 g/mol. The number of hydrogen-bond donors (Lipinski definition) is 1. The van der Waals surface area contributed by atoms with E-state index in [9.17, 15) is 19.5 Å². The molecule has 0 saturated heterocycles. The molecule has 0 rings (SSSR count). The molecule has 0 aliphatic rings. The summed E-state index contributed by atoms with van der Waals surface area (Å²) in [6.07, 6.45) is 11.2. The highest BCUT2D eigenvalue weighted by Gasteiger charge is 2.24. The van der Waals surface area contributed by atoms with Crippen molar-refractivity contribution >= 4 is 18.3 Å². The van der Waals surface area contributed by atoms with Crippen LogP contribution in [0, 0.1) is 11.8 Å². The van der Waals surface area contributed by atoms with E-state index < -0.39 is 12.1 Å². The van der Waals surface area contributed by atoms with Crippen LogP contribution in [0.3, 0.4) is 0 Å². The number of nitrogens with zero attached hydrogens (tertiary/aromatic N) is 1. The summed E-state index contributed by atoms with van der Waals surface area (Å²) in [5.74, 6) is -0.642. The first-order chi connectivity index (χ1) is 13.9. The Balaban J connectivity index is 4.72. The lowest BCUT2D eigenvalue weighted by Gasteiger charge is -2.26. The van der Waals surface area contributed by atoms with E-state index >= 15 is 0 Å². The Bertz CT molecular complexity index is 443. The van der Waals surface area contributed by atoms with Gasteiger partial charge in [-0.05, 0) is 39.0 Å². The average molecular weight is 414 g/mol. The lowest BCUT2D eigenvalue weighted by atomic mass is 9.84. The molecule has 6 heteroatoms. The number of rotatable bonds is 18. The van der Waals surface area contributed by atoms with Crippen LogP contribution in [0.25, 0.3) is 0 Å². The fraction of sp³-hybridized carbons (Fsp3) is 0.870. The zero-order chi connectivity index (χ0) is 22.1. The topological polar surface area (TPSA) is 83.9 Å². The Kier molecular flexibility index (Phi) is 16.3. The van der Waals surface area contributed by atoms with Crippen LogP contribution in [0.15, 0.2) is 0 Å². The highest BCUT2D eigenvalue weighted by Crippen LogP contribution is 2.27. The largest absolute Gasteiger partial charge is 0.481 e. The van der Waals surface area contributed by atoms with E-state index in [1.807, 2.05) is 13.8 Å². The maximum absolute atomic E-state index is 12.1. The van der Waals surface area contributed by atoms with Crippen molar-refractivity contribution in [2.75, 3.05) is 13.2 Å². The SMILES string of the molecule is CCCCCC(CCCCC)CC(CCCN(C(=O)OCC=O)C(C)C)C(=O)O. The first-order valence-corrected chi connectivity index (χ1v) is 11.5. The van der Waals surface area contributed by atoms with Crippen LogP contribution in [0.5, 0.6) is 0 Å². The minimum absolute atomic E-state index is 0.0618. The Morgan fingerprint density at radius 3 is 2.00 bits per heavy atom. The maximum Gasteiger partial charge on any atom is 0.410 e. The molecule has 6 nitrogen and oxygen atoms in total. The molecule has 0 radical (unpaired) electrons. The van der Waals surface area contributed by atoms with Gasteiger partial charge in [-0.25, -0.2) is 4.79 Å². The van der Waals surface area contributed by atoms with Crippen molar-refractivity contribution in [1.82, 2.24) is 4.90 Å². The quantitative estimate of drug-likeness (QED) is 0.231. The zero-order valence-electron chi connectivity index (χ0n) is 19.0. The summed E-state index contributed by atoms with van der Waals surface area (Å²) in [6, 6.07) is -0.0618. The first kappa shape index (κ1) is 27.4. The third kappa shape index (κ3) is 13.3. The van der Waals surface area contributed by atoms with E-state index in [4.69, 9.17) is 4.74 Å². The van der Waals surface area contributed by atoms with Gasteiger partial charge in [0.1, 0.15) is 6.61 Å². The van der Waals surface area contributed by atoms with Crippen LogP contribution in [0.2, 0.25) is 0 Å². The normalized spacial score (nSPS) is 12.2. The molecular weight excluding hydrogens is 370 g/mol. The Hall–Kier alpha value is -1.59. The van der Waals surface area contributed by atoms with Gasteiger partial charge in [-0.2, -0.15) is 0 Å². The second kappa shape index (κ2) is 17.3. The van der Waals surface area contributed by atoms with E-state index in [-0.39, 0.29) is 18.6 Å². The van der Waals surface area contributed by atoms with Crippen LogP contribution in [-0.4, -0.2) is 47.5 Å². The molecule has 0 aromatic rings. The van der Waals surface area contributed by atoms with Crippen molar-refractivity contribution in [3.63, 3.8) is 0 Å². The van der Waals surface area contributed by atoms with Crippen molar-refractivity contribution in [2.24, 2.45) is 11.8 Å². The number of unbranched alkanes of at least 4 members (excludes halogenated alkanes) is 4. The Morgan fingerprint density at radius 2 is 1.55 bits per heavy atom. The zero-order valence-corrected chi connectivity index (χ0v) is 19.0. The molecule has 0 spiro atoms. The molecule has 0 aliphatic carbocycles. The number of carboxylic acid groups (broad SMARTS) is 1. The minimum atomic E-state index is -0.736. The molecule has 0 bridgehead atoms. The van der Waals surface area contributed by atoms with Crippen molar-refractivity contribution < 1.29 is 24.2 Å². The van der Waals surface area contributed by atoms with Gasteiger partial charge in [0, 0.05) is 12.6 Å². The number of carbonyl (C=O) groups excluding carboxylic acids is 2. The highest BCUT2D eigenvalue weighted by molar-refractivity contribution is 5.70. The van der Waals surface area contributed by atoms with Crippen LogP contribution in [0.1, 0.15) is 98.3 Å². The average Bonchev–Trinajstić information content (AvgIpc) is 2.67. The van der Waals surface area contributed by atoms with Crippen LogP contribution in [-0.2, 0) is 14.3 Å². The van der Waals surface area contributed by atoms with Gasteiger partial charge < -0.3 is 14.7 Å². The minimum Gasteiger partial charge on any atom is -0.481 e. The summed E-state index contributed by atoms with van der Waals surface area (Å²) in [5, 5.41) is 9.72. The molecule has 170 valence electrons. The molecule has 1 atom stereocenters. The molecule has 0 fully saturated rings. The summed E-state index contributed by atoms with van der Waals surface area (Å²) in [6.45, 7) is 8.33. The van der Waals surface area contributed by atoms with Gasteiger partial charge >= 0.3 is 12.1 Å². The fourth-order valence-corrected chi connectivity index (χ4v) is 3.75. The van der Waals surface area contributed by atoms with Crippen LogP contribution in [0.4, 0.5) is 4.79 Å². The van der Waals surface area contributed by atoms with Gasteiger partial charge in [0.15, 0.2) is 6.29 Å². The molecule has 1 amide bonds. The van der Waals surface area contributed by atoms with E-state index in [0.717, 1.165) is 19.3 Å². The van der Waals surface area contributed by atoms with E-state index in [1.54, 1.807) is 4.90 Å². The van der Waals surface area contributed by atoms with Gasteiger partial charge in [-0.3, -0.25) is 9.59 Å². The summed E-state index contributed by atoms with van der Waals surface area (Å²) in [7, 11) is 0. The number of carboxylic acids is 1. The standard InChI is InChI=1S/C23H43NO5/c1-5-7-9-12-20(13-10-8-6-2)18-21(22(26)27)14-11-15-24(19(3)4)23(28)29-17-16-25/h16,19-21H,5-15,17-18H2,1-4H3,(H,26,27). The smallest absolute Gasteiger partial charge is 0.410 e.